The summed E-state index contributed by atoms with van der Waals surface area (Å²) in [6.07, 6.45) is 10.9. The summed E-state index contributed by atoms with van der Waals surface area (Å²) >= 11 is 6.46. The van der Waals surface area contributed by atoms with Crippen molar-refractivity contribution in [3.8, 4) is 11.6 Å². The zero-order chi connectivity index (χ0) is 18.2. The van der Waals surface area contributed by atoms with E-state index in [0.29, 0.717) is 23.5 Å². The number of aromatic nitrogens is 4. The van der Waals surface area contributed by atoms with Crippen molar-refractivity contribution in [2.75, 3.05) is 18.0 Å². The van der Waals surface area contributed by atoms with Gasteiger partial charge in [-0.15, -0.1) is 0 Å². The Bertz CT molecular complexity index is 939. The standard InChI is InChI=1S/C21H20ClN5/c22-18-5-4-14(10-19(18)27-8-1-2-9-27)16-11-17(16)15-12-25-21(26-13-15)20-23-6-3-7-24-20/h3-7,10,12-13,16-17H,1-2,8-9,11H2/t16-,17+/m1/s1. The maximum absolute atomic E-state index is 6.46. The maximum atomic E-state index is 6.46. The van der Waals surface area contributed by atoms with Crippen molar-refractivity contribution in [2.24, 2.45) is 0 Å². The minimum Gasteiger partial charge on any atom is -0.370 e. The molecule has 1 saturated heterocycles. The smallest absolute Gasteiger partial charge is 0.197 e. The number of hydrogen-bond donors (Lipinski definition) is 0. The van der Waals surface area contributed by atoms with E-state index in [1.54, 1.807) is 18.5 Å². The molecule has 2 aromatic heterocycles. The summed E-state index contributed by atoms with van der Waals surface area (Å²) in [7, 11) is 0. The van der Waals surface area contributed by atoms with Crippen LogP contribution in [0.3, 0.4) is 0 Å². The van der Waals surface area contributed by atoms with Crippen LogP contribution in [-0.4, -0.2) is 33.0 Å². The number of benzene rings is 1. The average molecular weight is 378 g/mol. The molecule has 0 radical (unpaired) electrons. The lowest BCUT2D eigenvalue weighted by Crippen LogP contribution is -2.18. The molecule has 1 aromatic carbocycles. The SMILES string of the molecule is Clc1ccc([C@H]2C[C@H]2c2cnc(-c3ncccn3)nc2)cc1N1CCCC1. The lowest BCUT2D eigenvalue weighted by Gasteiger charge is -2.20. The van der Waals surface area contributed by atoms with Gasteiger partial charge in [-0.3, -0.25) is 0 Å². The molecule has 3 heterocycles. The van der Waals surface area contributed by atoms with E-state index in [9.17, 15) is 0 Å². The Hall–Kier alpha value is -2.53. The van der Waals surface area contributed by atoms with Gasteiger partial charge in [0.2, 0.25) is 0 Å². The minimum atomic E-state index is 0.475. The molecular weight excluding hydrogens is 358 g/mol. The fourth-order valence-corrected chi connectivity index (χ4v) is 4.19. The highest BCUT2D eigenvalue weighted by molar-refractivity contribution is 6.33. The number of nitrogens with zero attached hydrogens (tertiary/aromatic N) is 5. The van der Waals surface area contributed by atoms with Crippen molar-refractivity contribution in [2.45, 2.75) is 31.1 Å². The molecule has 27 heavy (non-hydrogen) atoms. The van der Waals surface area contributed by atoms with Gasteiger partial charge in [0.25, 0.3) is 0 Å². The summed E-state index contributed by atoms with van der Waals surface area (Å²) in [6, 6.07) is 8.28. The van der Waals surface area contributed by atoms with E-state index in [1.165, 1.54) is 29.7 Å². The van der Waals surface area contributed by atoms with Crippen LogP contribution in [0.25, 0.3) is 11.6 Å². The van der Waals surface area contributed by atoms with Crippen LogP contribution in [-0.2, 0) is 0 Å². The molecule has 0 bridgehead atoms. The van der Waals surface area contributed by atoms with E-state index >= 15 is 0 Å². The van der Waals surface area contributed by atoms with Crippen LogP contribution in [0.5, 0.6) is 0 Å². The molecule has 6 heteroatoms. The summed E-state index contributed by atoms with van der Waals surface area (Å²) in [4.78, 5) is 19.7. The third-order valence-corrected chi connectivity index (χ3v) is 5.82. The van der Waals surface area contributed by atoms with Gasteiger partial charge in [-0.05, 0) is 60.4 Å². The Morgan fingerprint density at radius 3 is 2.26 bits per heavy atom. The summed E-state index contributed by atoms with van der Waals surface area (Å²) in [5.41, 5.74) is 3.73. The molecule has 0 unspecified atom stereocenters. The van der Waals surface area contributed by atoms with E-state index < -0.39 is 0 Å². The van der Waals surface area contributed by atoms with Crippen molar-refractivity contribution in [3.05, 3.63) is 65.2 Å². The van der Waals surface area contributed by atoms with Crippen molar-refractivity contribution < 1.29 is 0 Å². The summed E-state index contributed by atoms with van der Waals surface area (Å²) in [6.45, 7) is 2.21. The Morgan fingerprint density at radius 1 is 0.852 bits per heavy atom. The van der Waals surface area contributed by atoms with Crippen LogP contribution in [0.4, 0.5) is 5.69 Å². The number of rotatable bonds is 4. The van der Waals surface area contributed by atoms with Crippen molar-refractivity contribution in [1.29, 1.82) is 0 Å². The van der Waals surface area contributed by atoms with Crippen molar-refractivity contribution >= 4 is 17.3 Å². The second-order valence-electron chi connectivity index (χ2n) is 7.27. The Balaban J connectivity index is 1.34. The van der Waals surface area contributed by atoms with Gasteiger partial charge in [-0.1, -0.05) is 17.7 Å². The average Bonchev–Trinajstić information content (AvgIpc) is 3.33. The van der Waals surface area contributed by atoms with Gasteiger partial charge in [0.05, 0.1) is 10.7 Å². The third-order valence-electron chi connectivity index (χ3n) is 5.50. The van der Waals surface area contributed by atoms with Crippen LogP contribution in [0.2, 0.25) is 5.02 Å². The molecule has 3 aromatic rings. The summed E-state index contributed by atoms with van der Waals surface area (Å²) in [5, 5.41) is 0.855. The van der Waals surface area contributed by atoms with Crippen molar-refractivity contribution in [1.82, 2.24) is 19.9 Å². The van der Waals surface area contributed by atoms with E-state index in [0.717, 1.165) is 24.5 Å². The summed E-state index contributed by atoms with van der Waals surface area (Å²) in [5.74, 6) is 2.12. The molecule has 1 saturated carbocycles. The van der Waals surface area contributed by atoms with E-state index in [-0.39, 0.29) is 0 Å². The molecule has 2 fully saturated rings. The fraction of sp³-hybridized carbons (Fsp3) is 0.333. The molecule has 2 atom stereocenters. The first-order chi connectivity index (χ1) is 13.3. The molecule has 136 valence electrons. The Kier molecular flexibility index (Phi) is 4.24. The normalized spacial score (nSPS) is 21.4. The predicted molar refractivity (Wildman–Crippen MR) is 106 cm³/mol. The zero-order valence-corrected chi connectivity index (χ0v) is 15.7. The van der Waals surface area contributed by atoms with Crippen LogP contribution in [0.15, 0.2) is 49.1 Å². The largest absolute Gasteiger partial charge is 0.370 e. The second kappa shape index (κ2) is 6.89. The third kappa shape index (κ3) is 3.28. The first kappa shape index (κ1) is 16.6. The fourth-order valence-electron chi connectivity index (χ4n) is 3.95. The van der Waals surface area contributed by atoms with Gasteiger partial charge in [-0.2, -0.15) is 0 Å². The maximum Gasteiger partial charge on any atom is 0.197 e. The van der Waals surface area contributed by atoms with Crippen LogP contribution >= 0.6 is 11.6 Å². The Labute approximate surface area is 163 Å². The topological polar surface area (TPSA) is 54.8 Å². The monoisotopic (exact) mass is 377 g/mol. The highest BCUT2D eigenvalue weighted by Crippen LogP contribution is 2.55. The van der Waals surface area contributed by atoms with Crippen molar-refractivity contribution in [3.63, 3.8) is 0 Å². The lowest BCUT2D eigenvalue weighted by molar-refractivity contribution is 0.949. The highest BCUT2D eigenvalue weighted by atomic mass is 35.5. The molecule has 2 aliphatic rings. The molecule has 0 N–H and O–H groups in total. The van der Waals surface area contributed by atoms with Gasteiger partial charge >= 0.3 is 0 Å². The molecule has 1 aliphatic heterocycles. The van der Waals surface area contributed by atoms with E-state index in [4.69, 9.17) is 11.6 Å². The van der Waals surface area contributed by atoms with E-state index in [1.807, 2.05) is 18.5 Å². The molecular formula is C21H20ClN5. The highest BCUT2D eigenvalue weighted by Gasteiger charge is 2.40. The van der Waals surface area contributed by atoms with Gasteiger partial charge < -0.3 is 4.90 Å². The lowest BCUT2D eigenvalue weighted by atomic mass is 10.1. The predicted octanol–water partition coefficient (Wildman–Crippen LogP) is 4.46. The second-order valence-corrected chi connectivity index (χ2v) is 7.67. The number of anilines is 1. The minimum absolute atomic E-state index is 0.475. The molecule has 0 spiro atoms. The van der Waals surface area contributed by atoms with Crippen LogP contribution in [0, 0.1) is 0 Å². The number of hydrogen-bond acceptors (Lipinski definition) is 5. The first-order valence-electron chi connectivity index (χ1n) is 9.43. The summed E-state index contributed by atoms with van der Waals surface area (Å²) < 4.78 is 0. The van der Waals surface area contributed by atoms with E-state index in [2.05, 4.69) is 37.0 Å². The van der Waals surface area contributed by atoms with Gasteiger partial charge in [0, 0.05) is 37.9 Å². The van der Waals surface area contributed by atoms with Crippen LogP contribution < -0.4 is 4.90 Å². The molecule has 1 aliphatic carbocycles. The van der Waals surface area contributed by atoms with Gasteiger partial charge in [-0.25, -0.2) is 19.9 Å². The molecule has 5 rings (SSSR count). The van der Waals surface area contributed by atoms with Gasteiger partial charge in [0.15, 0.2) is 11.6 Å². The molecule has 5 nitrogen and oxygen atoms in total. The quantitative estimate of drug-likeness (QED) is 0.672. The van der Waals surface area contributed by atoms with Gasteiger partial charge in [0.1, 0.15) is 0 Å². The number of halogens is 1. The molecule has 0 amide bonds. The zero-order valence-electron chi connectivity index (χ0n) is 14.9. The first-order valence-corrected chi connectivity index (χ1v) is 9.81. The Morgan fingerprint density at radius 2 is 1.52 bits per heavy atom. The van der Waals surface area contributed by atoms with Crippen LogP contribution in [0.1, 0.15) is 42.2 Å².